The number of hydrogen-bond donors (Lipinski definition) is 3. The number of nitrogens with one attached hydrogen (secondary N) is 1. The third-order valence-electron chi connectivity index (χ3n) is 2.35. The van der Waals surface area contributed by atoms with Crippen molar-refractivity contribution in [3.63, 3.8) is 0 Å². The lowest BCUT2D eigenvalue weighted by molar-refractivity contribution is 0.187. The van der Waals surface area contributed by atoms with E-state index in [0.717, 1.165) is 11.1 Å². The molecule has 84 valence electrons. The van der Waals surface area contributed by atoms with Gasteiger partial charge in [0.05, 0.1) is 12.7 Å². The minimum absolute atomic E-state index is 0.0664. The molecule has 1 aromatic rings. The van der Waals surface area contributed by atoms with Crippen LogP contribution in [0, 0.1) is 0 Å². The Bertz CT molecular complexity index is 299. The Morgan fingerprint density at radius 1 is 1.33 bits per heavy atom. The molecule has 2 atom stereocenters. The quantitative estimate of drug-likeness (QED) is 0.683. The maximum Gasteiger partial charge on any atom is 0.0681 e. The first-order valence-electron chi connectivity index (χ1n) is 5.24. The Morgan fingerprint density at radius 3 is 2.67 bits per heavy atom. The Morgan fingerprint density at radius 2 is 2.07 bits per heavy atom. The molecule has 0 aliphatic carbocycles. The lowest BCUT2D eigenvalue weighted by atomic mass is 10.1. The number of aliphatic hydroxyl groups is 2. The first-order chi connectivity index (χ1) is 7.13. The van der Waals surface area contributed by atoms with Gasteiger partial charge in [-0.1, -0.05) is 24.3 Å². The summed E-state index contributed by atoms with van der Waals surface area (Å²) in [6.45, 7) is 4.43. The fraction of sp³-hybridized carbons (Fsp3) is 0.500. The van der Waals surface area contributed by atoms with Gasteiger partial charge >= 0.3 is 0 Å². The predicted octanol–water partition coefficient (Wildman–Crippen LogP) is 1.21. The van der Waals surface area contributed by atoms with Gasteiger partial charge in [0.25, 0.3) is 0 Å². The van der Waals surface area contributed by atoms with Gasteiger partial charge in [-0.15, -0.1) is 0 Å². The van der Waals surface area contributed by atoms with Gasteiger partial charge in [0.1, 0.15) is 0 Å². The average molecular weight is 209 g/mol. The average Bonchev–Trinajstić information content (AvgIpc) is 2.26. The van der Waals surface area contributed by atoms with E-state index >= 15 is 0 Å². The molecule has 3 N–H and O–H groups in total. The first-order valence-corrected chi connectivity index (χ1v) is 5.24. The van der Waals surface area contributed by atoms with Crippen molar-refractivity contribution in [2.75, 3.05) is 6.54 Å². The van der Waals surface area contributed by atoms with Crippen LogP contribution in [-0.4, -0.2) is 22.9 Å². The molecule has 0 aromatic heterocycles. The van der Waals surface area contributed by atoms with Gasteiger partial charge in [-0.2, -0.15) is 0 Å². The number of rotatable bonds is 5. The van der Waals surface area contributed by atoms with Crippen molar-refractivity contribution in [3.05, 3.63) is 35.4 Å². The van der Waals surface area contributed by atoms with Gasteiger partial charge in [0.2, 0.25) is 0 Å². The van der Waals surface area contributed by atoms with E-state index in [1.807, 2.05) is 31.2 Å². The predicted molar refractivity (Wildman–Crippen MR) is 60.5 cm³/mol. The molecule has 0 heterocycles. The summed E-state index contributed by atoms with van der Waals surface area (Å²) in [4.78, 5) is 0. The van der Waals surface area contributed by atoms with Crippen molar-refractivity contribution in [1.82, 2.24) is 5.32 Å². The van der Waals surface area contributed by atoms with Crippen LogP contribution in [0.1, 0.15) is 31.0 Å². The third kappa shape index (κ3) is 4.00. The maximum atomic E-state index is 9.15. The molecule has 3 heteroatoms. The standard InChI is InChI=1S/C12H19NO2/c1-9(15)7-13-10(2)12-5-3-4-11(6-12)8-14/h3-6,9-10,13-15H,7-8H2,1-2H3/t9-,10?/m0/s1. The van der Waals surface area contributed by atoms with Crippen molar-refractivity contribution in [3.8, 4) is 0 Å². The molecular formula is C12H19NO2. The molecule has 0 saturated heterocycles. The molecule has 0 bridgehead atoms. The zero-order valence-corrected chi connectivity index (χ0v) is 9.27. The minimum atomic E-state index is -0.339. The second kappa shape index (κ2) is 5.85. The van der Waals surface area contributed by atoms with Crippen molar-refractivity contribution in [2.24, 2.45) is 0 Å². The summed E-state index contributed by atoms with van der Waals surface area (Å²) in [5.41, 5.74) is 2.04. The summed E-state index contributed by atoms with van der Waals surface area (Å²) >= 11 is 0. The van der Waals surface area contributed by atoms with Gasteiger partial charge in [-0.25, -0.2) is 0 Å². The monoisotopic (exact) mass is 209 g/mol. The van der Waals surface area contributed by atoms with Gasteiger partial charge in [0.15, 0.2) is 0 Å². The van der Waals surface area contributed by atoms with Gasteiger partial charge in [0, 0.05) is 12.6 Å². The van der Waals surface area contributed by atoms with E-state index in [-0.39, 0.29) is 18.8 Å². The molecule has 0 amide bonds. The molecule has 15 heavy (non-hydrogen) atoms. The second-order valence-corrected chi connectivity index (χ2v) is 3.88. The fourth-order valence-electron chi connectivity index (χ4n) is 1.43. The van der Waals surface area contributed by atoms with Crippen LogP contribution in [0.4, 0.5) is 0 Å². The van der Waals surface area contributed by atoms with Crippen LogP contribution in [0.3, 0.4) is 0 Å². The van der Waals surface area contributed by atoms with Crippen molar-refractivity contribution in [2.45, 2.75) is 32.6 Å². The molecule has 0 spiro atoms. The molecule has 1 aromatic carbocycles. The summed E-state index contributed by atoms with van der Waals surface area (Å²) in [6, 6.07) is 8.00. The smallest absolute Gasteiger partial charge is 0.0681 e. The van der Waals surface area contributed by atoms with Gasteiger partial charge in [-0.05, 0) is 25.0 Å². The maximum absolute atomic E-state index is 9.15. The van der Waals surface area contributed by atoms with E-state index in [1.54, 1.807) is 6.92 Å². The highest BCUT2D eigenvalue weighted by atomic mass is 16.3. The van der Waals surface area contributed by atoms with Crippen LogP contribution in [0.15, 0.2) is 24.3 Å². The van der Waals surface area contributed by atoms with E-state index in [1.165, 1.54) is 0 Å². The largest absolute Gasteiger partial charge is 0.392 e. The number of benzene rings is 1. The number of aliphatic hydroxyl groups excluding tert-OH is 2. The lowest BCUT2D eigenvalue weighted by Gasteiger charge is -2.16. The van der Waals surface area contributed by atoms with Crippen LogP contribution in [-0.2, 0) is 6.61 Å². The molecule has 0 saturated carbocycles. The summed E-state index contributed by atoms with van der Waals surface area (Å²) < 4.78 is 0. The molecule has 1 rings (SSSR count). The molecule has 1 unspecified atom stereocenters. The normalized spacial score (nSPS) is 14.9. The molecule has 0 aliphatic heterocycles. The van der Waals surface area contributed by atoms with E-state index in [4.69, 9.17) is 10.2 Å². The van der Waals surface area contributed by atoms with Crippen LogP contribution >= 0.6 is 0 Å². The third-order valence-corrected chi connectivity index (χ3v) is 2.35. The highest BCUT2D eigenvalue weighted by Gasteiger charge is 2.06. The molecular weight excluding hydrogens is 190 g/mol. The number of hydrogen-bond acceptors (Lipinski definition) is 3. The van der Waals surface area contributed by atoms with E-state index in [9.17, 15) is 0 Å². The minimum Gasteiger partial charge on any atom is -0.392 e. The Kier molecular flexibility index (Phi) is 4.75. The molecule has 0 aliphatic rings. The van der Waals surface area contributed by atoms with E-state index in [2.05, 4.69) is 5.32 Å². The van der Waals surface area contributed by atoms with E-state index in [0.29, 0.717) is 6.54 Å². The fourth-order valence-corrected chi connectivity index (χ4v) is 1.43. The SMILES string of the molecule is CC(NC[C@H](C)O)c1cccc(CO)c1. The Hall–Kier alpha value is -0.900. The first kappa shape index (κ1) is 12.2. The van der Waals surface area contributed by atoms with Crippen molar-refractivity contribution >= 4 is 0 Å². The van der Waals surface area contributed by atoms with Crippen LogP contribution < -0.4 is 5.32 Å². The summed E-state index contributed by atoms with van der Waals surface area (Å²) in [6.07, 6.45) is -0.339. The van der Waals surface area contributed by atoms with Gasteiger partial charge in [-0.3, -0.25) is 0 Å². The highest BCUT2D eigenvalue weighted by Crippen LogP contribution is 2.14. The van der Waals surface area contributed by atoms with Crippen LogP contribution in [0.5, 0.6) is 0 Å². The Balaban J connectivity index is 2.60. The van der Waals surface area contributed by atoms with E-state index < -0.39 is 0 Å². The summed E-state index contributed by atoms with van der Waals surface area (Å²) in [5, 5.41) is 21.4. The highest BCUT2D eigenvalue weighted by molar-refractivity contribution is 5.25. The molecule has 0 radical (unpaired) electrons. The summed E-state index contributed by atoms with van der Waals surface area (Å²) in [5.74, 6) is 0. The second-order valence-electron chi connectivity index (χ2n) is 3.88. The van der Waals surface area contributed by atoms with Crippen LogP contribution in [0.2, 0.25) is 0 Å². The van der Waals surface area contributed by atoms with Crippen LogP contribution in [0.25, 0.3) is 0 Å². The van der Waals surface area contributed by atoms with Crippen molar-refractivity contribution < 1.29 is 10.2 Å². The Labute approximate surface area is 90.8 Å². The zero-order chi connectivity index (χ0) is 11.3. The summed E-state index contributed by atoms with van der Waals surface area (Å²) in [7, 11) is 0. The zero-order valence-electron chi connectivity index (χ0n) is 9.27. The topological polar surface area (TPSA) is 52.5 Å². The van der Waals surface area contributed by atoms with Crippen molar-refractivity contribution in [1.29, 1.82) is 0 Å². The molecule has 0 fully saturated rings. The van der Waals surface area contributed by atoms with Gasteiger partial charge < -0.3 is 15.5 Å². The molecule has 3 nitrogen and oxygen atoms in total. The lowest BCUT2D eigenvalue weighted by Crippen LogP contribution is -2.27.